The first kappa shape index (κ1) is 18.4. The van der Waals surface area contributed by atoms with Gasteiger partial charge in [-0.1, -0.05) is 18.2 Å². The van der Waals surface area contributed by atoms with Crippen LogP contribution in [0.15, 0.2) is 47.1 Å². The van der Waals surface area contributed by atoms with Crippen molar-refractivity contribution in [2.24, 2.45) is 7.05 Å². The third-order valence-corrected chi connectivity index (χ3v) is 4.21. The molecule has 0 saturated carbocycles. The predicted octanol–water partition coefficient (Wildman–Crippen LogP) is 4.80. The molecular formula is C17H14BrF3N4O. The number of hydrogen-bond donors (Lipinski definition) is 0. The zero-order chi connectivity index (χ0) is 18.9. The average Bonchev–Trinajstić information content (AvgIpc) is 2.98. The number of aromatic nitrogens is 4. The number of hydrogen-bond acceptors (Lipinski definition) is 4. The topological polar surface area (TPSA) is 52.8 Å². The Morgan fingerprint density at radius 1 is 1.12 bits per heavy atom. The first-order valence-corrected chi connectivity index (χ1v) is 8.40. The molecule has 3 aromatic rings. The van der Waals surface area contributed by atoms with Gasteiger partial charge in [-0.3, -0.25) is 0 Å². The van der Waals surface area contributed by atoms with E-state index in [9.17, 15) is 13.2 Å². The summed E-state index contributed by atoms with van der Waals surface area (Å²) < 4.78 is 47.8. The van der Waals surface area contributed by atoms with E-state index in [1.165, 1.54) is 22.8 Å². The lowest BCUT2D eigenvalue weighted by molar-refractivity contribution is -0.137. The van der Waals surface area contributed by atoms with E-state index in [0.717, 1.165) is 10.5 Å². The van der Waals surface area contributed by atoms with Crippen molar-refractivity contribution in [2.75, 3.05) is 0 Å². The number of nitrogens with zero attached hydrogens (tertiary/aromatic N) is 4. The molecule has 0 bridgehead atoms. The van der Waals surface area contributed by atoms with Gasteiger partial charge in [-0.15, -0.1) is 10.2 Å². The van der Waals surface area contributed by atoms with E-state index in [-0.39, 0.29) is 11.4 Å². The van der Waals surface area contributed by atoms with Crippen LogP contribution in [0.4, 0.5) is 13.2 Å². The number of halogens is 4. The van der Waals surface area contributed by atoms with E-state index in [4.69, 9.17) is 4.74 Å². The minimum absolute atomic E-state index is 0.0322. The molecule has 0 unspecified atom stereocenters. The summed E-state index contributed by atoms with van der Waals surface area (Å²) in [5, 5.41) is 7.95. The van der Waals surface area contributed by atoms with E-state index < -0.39 is 17.8 Å². The second-order valence-corrected chi connectivity index (χ2v) is 6.47. The van der Waals surface area contributed by atoms with Crippen molar-refractivity contribution in [3.8, 4) is 17.3 Å². The predicted molar refractivity (Wildman–Crippen MR) is 92.4 cm³/mol. The van der Waals surface area contributed by atoms with E-state index in [0.29, 0.717) is 11.7 Å². The molecule has 0 fully saturated rings. The molecule has 0 aliphatic carbocycles. The van der Waals surface area contributed by atoms with Gasteiger partial charge in [-0.2, -0.15) is 13.2 Å². The van der Waals surface area contributed by atoms with E-state index in [1.54, 1.807) is 32.3 Å². The molecule has 0 N–H and O–H groups in total. The molecule has 0 radical (unpaired) electrons. The maximum absolute atomic E-state index is 13.3. The van der Waals surface area contributed by atoms with Crippen LogP contribution in [0.5, 0.6) is 5.88 Å². The van der Waals surface area contributed by atoms with Gasteiger partial charge >= 0.3 is 6.18 Å². The molecule has 0 aliphatic rings. The first-order chi connectivity index (χ1) is 12.3. The summed E-state index contributed by atoms with van der Waals surface area (Å²) in [6.45, 7) is 1.73. The van der Waals surface area contributed by atoms with Gasteiger partial charge in [-0.25, -0.2) is 4.98 Å². The fourth-order valence-electron chi connectivity index (χ4n) is 2.52. The van der Waals surface area contributed by atoms with E-state index >= 15 is 0 Å². The van der Waals surface area contributed by atoms with Crippen LogP contribution >= 0.6 is 15.9 Å². The number of alkyl halides is 3. The molecule has 0 saturated heterocycles. The van der Waals surface area contributed by atoms with Crippen LogP contribution in [-0.4, -0.2) is 19.7 Å². The van der Waals surface area contributed by atoms with Crippen LogP contribution < -0.4 is 4.74 Å². The molecule has 0 aliphatic heterocycles. The number of rotatable bonds is 4. The molecule has 136 valence electrons. The van der Waals surface area contributed by atoms with Crippen molar-refractivity contribution in [1.29, 1.82) is 0 Å². The van der Waals surface area contributed by atoms with Gasteiger partial charge in [0.05, 0.1) is 5.56 Å². The molecule has 1 atom stereocenters. The summed E-state index contributed by atoms with van der Waals surface area (Å²) >= 11 is 3.28. The van der Waals surface area contributed by atoms with Crippen LogP contribution in [0, 0.1) is 0 Å². The summed E-state index contributed by atoms with van der Waals surface area (Å²) in [6.07, 6.45) is -3.44. The second-order valence-electron chi connectivity index (χ2n) is 5.56. The molecular weight excluding hydrogens is 413 g/mol. The minimum Gasteiger partial charge on any atom is -0.466 e. The van der Waals surface area contributed by atoms with Crippen LogP contribution in [0.1, 0.15) is 24.4 Å². The Morgan fingerprint density at radius 2 is 1.85 bits per heavy atom. The summed E-state index contributed by atoms with van der Waals surface area (Å²) in [5.41, 5.74) is -0.791. The highest BCUT2D eigenvalue weighted by molar-refractivity contribution is 9.10. The third kappa shape index (κ3) is 3.72. The van der Waals surface area contributed by atoms with Crippen LogP contribution in [-0.2, 0) is 13.2 Å². The Kier molecular flexibility index (Phi) is 4.99. The Bertz CT molecular complexity index is 909. The van der Waals surface area contributed by atoms with Crippen LogP contribution in [0.2, 0.25) is 0 Å². The summed E-state index contributed by atoms with van der Waals surface area (Å²) in [5.74, 6) is 0.884. The lowest BCUT2D eigenvalue weighted by Crippen LogP contribution is -2.12. The average molecular weight is 427 g/mol. The highest BCUT2D eigenvalue weighted by Gasteiger charge is 2.34. The molecule has 2 aromatic heterocycles. The highest BCUT2D eigenvalue weighted by atomic mass is 79.9. The van der Waals surface area contributed by atoms with Crippen molar-refractivity contribution in [2.45, 2.75) is 19.2 Å². The summed E-state index contributed by atoms with van der Waals surface area (Å²) in [4.78, 5) is 4.11. The largest absolute Gasteiger partial charge is 0.466 e. The zero-order valence-corrected chi connectivity index (χ0v) is 15.4. The van der Waals surface area contributed by atoms with E-state index in [1.807, 2.05) is 0 Å². The van der Waals surface area contributed by atoms with Crippen molar-refractivity contribution in [3.05, 3.63) is 58.5 Å². The van der Waals surface area contributed by atoms with Gasteiger partial charge in [0.2, 0.25) is 5.88 Å². The number of ether oxygens (including phenoxy) is 1. The normalized spacial score (nSPS) is 12.8. The Morgan fingerprint density at radius 3 is 2.50 bits per heavy atom. The number of benzene rings is 1. The number of pyridine rings is 1. The Hall–Kier alpha value is -2.42. The van der Waals surface area contributed by atoms with Gasteiger partial charge in [0.15, 0.2) is 17.8 Å². The smallest absolute Gasteiger partial charge is 0.417 e. The maximum Gasteiger partial charge on any atom is 0.417 e. The van der Waals surface area contributed by atoms with Gasteiger partial charge in [0.1, 0.15) is 0 Å². The third-order valence-electron chi connectivity index (χ3n) is 3.74. The molecule has 9 heteroatoms. The molecule has 5 nitrogen and oxygen atoms in total. The summed E-state index contributed by atoms with van der Waals surface area (Å²) in [7, 11) is 1.60. The van der Waals surface area contributed by atoms with Crippen LogP contribution in [0.25, 0.3) is 11.4 Å². The lowest BCUT2D eigenvalue weighted by Gasteiger charge is -2.15. The van der Waals surface area contributed by atoms with E-state index in [2.05, 4.69) is 31.1 Å². The zero-order valence-electron chi connectivity index (χ0n) is 13.8. The SMILES string of the molecule is C[C@H](Oc1ccc(Br)cn1)c1nnc(-c2ccccc2C(F)(F)F)n1C. The fraction of sp³-hybridized carbons (Fsp3) is 0.235. The minimum atomic E-state index is -4.48. The lowest BCUT2D eigenvalue weighted by atomic mass is 10.1. The molecule has 0 amide bonds. The van der Waals surface area contributed by atoms with Gasteiger partial charge in [0.25, 0.3) is 0 Å². The fourth-order valence-corrected chi connectivity index (χ4v) is 2.76. The van der Waals surface area contributed by atoms with Crippen molar-refractivity contribution in [1.82, 2.24) is 19.7 Å². The monoisotopic (exact) mass is 426 g/mol. The molecule has 2 heterocycles. The van der Waals surface area contributed by atoms with Crippen LogP contribution in [0.3, 0.4) is 0 Å². The quantitative estimate of drug-likeness (QED) is 0.601. The Labute approximate surface area is 156 Å². The Balaban J connectivity index is 1.92. The highest BCUT2D eigenvalue weighted by Crippen LogP contribution is 2.36. The molecule has 1 aromatic carbocycles. The van der Waals surface area contributed by atoms with Gasteiger partial charge < -0.3 is 9.30 Å². The summed E-state index contributed by atoms with van der Waals surface area (Å²) in [6, 6.07) is 8.72. The van der Waals surface area contributed by atoms with Gasteiger partial charge in [0, 0.05) is 29.3 Å². The van der Waals surface area contributed by atoms with Crippen molar-refractivity contribution >= 4 is 15.9 Å². The molecule has 26 heavy (non-hydrogen) atoms. The van der Waals surface area contributed by atoms with Crippen molar-refractivity contribution in [3.63, 3.8) is 0 Å². The first-order valence-electron chi connectivity index (χ1n) is 7.61. The maximum atomic E-state index is 13.3. The van der Waals surface area contributed by atoms with Gasteiger partial charge in [-0.05, 0) is 35.0 Å². The van der Waals surface area contributed by atoms with Crippen molar-refractivity contribution < 1.29 is 17.9 Å². The standard InChI is InChI=1S/C17H14BrF3N4O/c1-10(26-14-8-7-11(18)9-22-14)15-23-24-16(25(15)2)12-5-3-4-6-13(12)17(19,20)21/h3-10H,1-2H3/t10-/m0/s1. The second kappa shape index (κ2) is 7.06. The molecule has 3 rings (SSSR count). The molecule has 0 spiro atoms.